The van der Waals surface area contributed by atoms with E-state index in [1.54, 1.807) is 19.2 Å². The number of amides is 1. The number of hydrogen-bond donors (Lipinski definition) is 2. The second-order valence-electron chi connectivity index (χ2n) is 5.66. The molecule has 1 aromatic heterocycles. The highest BCUT2D eigenvalue weighted by Crippen LogP contribution is 2.16. The molecule has 0 aliphatic heterocycles. The lowest BCUT2D eigenvalue weighted by Crippen LogP contribution is -2.39. The number of rotatable bonds is 6. The molecule has 1 aromatic carbocycles. The average molecular weight is 318 g/mol. The van der Waals surface area contributed by atoms with Crippen LogP contribution in [0.3, 0.4) is 0 Å². The molecule has 1 heterocycles. The smallest absolute Gasteiger partial charge is 0.310 e. The highest BCUT2D eigenvalue weighted by atomic mass is 32.1. The van der Waals surface area contributed by atoms with Crippen LogP contribution in [0.25, 0.3) is 0 Å². The van der Waals surface area contributed by atoms with Crippen molar-refractivity contribution in [3.63, 3.8) is 0 Å². The van der Waals surface area contributed by atoms with Crippen LogP contribution in [0.5, 0.6) is 0 Å². The SMILES string of the molecule is CC(C)(CNC(=O)c1csc(Cc2ccccc2)n1)C(=O)O. The molecule has 0 saturated carbocycles. The first kappa shape index (κ1) is 16.2. The van der Waals surface area contributed by atoms with Gasteiger partial charge in [0.05, 0.1) is 10.4 Å². The summed E-state index contributed by atoms with van der Waals surface area (Å²) in [6, 6.07) is 9.90. The van der Waals surface area contributed by atoms with E-state index >= 15 is 0 Å². The predicted octanol–water partition coefficient (Wildman–Crippen LogP) is 2.57. The summed E-state index contributed by atoms with van der Waals surface area (Å²) in [6.45, 7) is 3.20. The van der Waals surface area contributed by atoms with Gasteiger partial charge in [0.15, 0.2) is 0 Å². The summed E-state index contributed by atoms with van der Waals surface area (Å²) in [4.78, 5) is 27.3. The maximum absolute atomic E-state index is 12.0. The molecule has 0 saturated heterocycles. The molecule has 1 amide bonds. The first-order valence-corrected chi connectivity index (χ1v) is 7.76. The fourth-order valence-electron chi connectivity index (χ4n) is 1.73. The summed E-state index contributed by atoms with van der Waals surface area (Å²) in [6.07, 6.45) is 0.680. The standard InChI is InChI=1S/C16H18N2O3S/c1-16(2,15(20)21)10-17-14(19)12-9-22-13(18-12)8-11-6-4-3-5-7-11/h3-7,9H,8,10H2,1-2H3,(H,17,19)(H,20,21). The molecule has 0 radical (unpaired) electrons. The second kappa shape index (κ2) is 6.70. The number of benzene rings is 1. The molecule has 0 fully saturated rings. The summed E-state index contributed by atoms with van der Waals surface area (Å²) in [7, 11) is 0. The van der Waals surface area contributed by atoms with Crippen molar-refractivity contribution in [2.45, 2.75) is 20.3 Å². The molecule has 5 nitrogen and oxygen atoms in total. The van der Waals surface area contributed by atoms with E-state index in [0.717, 1.165) is 10.6 Å². The average Bonchev–Trinajstić information content (AvgIpc) is 2.94. The summed E-state index contributed by atoms with van der Waals surface area (Å²) < 4.78 is 0. The Kier molecular flexibility index (Phi) is 4.92. The lowest BCUT2D eigenvalue weighted by Gasteiger charge is -2.18. The lowest BCUT2D eigenvalue weighted by atomic mass is 9.94. The molecule has 6 heteroatoms. The van der Waals surface area contributed by atoms with Gasteiger partial charge in [-0.1, -0.05) is 30.3 Å². The van der Waals surface area contributed by atoms with Crippen LogP contribution in [0, 0.1) is 5.41 Å². The van der Waals surface area contributed by atoms with Crippen molar-refractivity contribution in [2.75, 3.05) is 6.54 Å². The number of carboxylic acid groups (broad SMARTS) is 1. The minimum absolute atomic E-state index is 0.0622. The van der Waals surface area contributed by atoms with E-state index in [9.17, 15) is 9.59 Å². The second-order valence-corrected chi connectivity index (χ2v) is 6.60. The Morgan fingerprint density at radius 1 is 1.27 bits per heavy atom. The van der Waals surface area contributed by atoms with Crippen molar-refractivity contribution in [3.8, 4) is 0 Å². The third kappa shape index (κ3) is 4.14. The van der Waals surface area contributed by atoms with Crippen molar-refractivity contribution in [1.82, 2.24) is 10.3 Å². The normalized spacial score (nSPS) is 11.2. The maximum Gasteiger partial charge on any atom is 0.310 e. The van der Waals surface area contributed by atoms with E-state index in [4.69, 9.17) is 5.11 Å². The Hall–Kier alpha value is -2.21. The number of thiazole rings is 1. The molecular formula is C16H18N2O3S. The third-order valence-electron chi connectivity index (χ3n) is 3.25. The molecular weight excluding hydrogens is 300 g/mol. The lowest BCUT2D eigenvalue weighted by molar-refractivity contribution is -0.146. The number of carbonyl (C=O) groups is 2. The maximum atomic E-state index is 12.0. The van der Waals surface area contributed by atoms with Crippen LogP contribution in [0.15, 0.2) is 35.7 Å². The zero-order valence-electron chi connectivity index (χ0n) is 12.5. The Morgan fingerprint density at radius 3 is 2.59 bits per heavy atom. The van der Waals surface area contributed by atoms with Crippen molar-refractivity contribution in [2.24, 2.45) is 5.41 Å². The Balaban J connectivity index is 1.96. The molecule has 0 spiro atoms. The van der Waals surface area contributed by atoms with Gasteiger partial charge >= 0.3 is 5.97 Å². The Bertz CT molecular complexity index is 665. The van der Waals surface area contributed by atoms with E-state index in [-0.39, 0.29) is 12.5 Å². The number of hydrogen-bond acceptors (Lipinski definition) is 4. The largest absolute Gasteiger partial charge is 0.481 e. The van der Waals surface area contributed by atoms with E-state index < -0.39 is 11.4 Å². The number of aliphatic carboxylic acids is 1. The number of nitrogens with one attached hydrogen (secondary N) is 1. The van der Waals surface area contributed by atoms with Gasteiger partial charge in [0.1, 0.15) is 5.69 Å². The van der Waals surface area contributed by atoms with Crippen molar-refractivity contribution >= 4 is 23.2 Å². The van der Waals surface area contributed by atoms with Crippen LogP contribution in [0.4, 0.5) is 0 Å². The summed E-state index contributed by atoms with van der Waals surface area (Å²) in [5.74, 6) is -1.29. The summed E-state index contributed by atoms with van der Waals surface area (Å²) in [5.41, 5.74) is 0.464. The van der Waals surface area contributed by atoms with Crippen LogP contribution < -0.4 is 5.32 Å². The van der Waals surface area contributed by atoms with Gasteiger partial charge in [-0.25, -0.2) is 4.98 Å². The summed E-state index contributed by atoms with van der Waals surface area (Å²) >= 11 is 1.42. The van der Waals surface area contributed by atoms with Gasteiger partial charge in [0.2, 0.25) is 0 Å². The topological polar surface area (TPSA) is 79.3 Å². The van der Waals surface area contributed by atoms with Crippen LogP contribution in [-0.4, -0.2) is 28.5 Å². The first-order valence-electron chi connectivity index (χ1n) is 6.88. The molecule has 22 heavy (non-hydrogen) atoms. The van der Waals surface area contributed by atoms with E-state index in [1.165, 1.54) is 11.3 Å². The third-order valence-corrected chi connectivity index (χ3v) is 4.10. The zero-order chi connectivity index (χ0) is 16.2. The zero-order valence-corrected chi connectivity index (χ0v) is 13.3. The van der Waals surface area contributed by atoms with Crippen LogP contribution in [0.2, 0.25) is 0 Å². The molecule has 0 bridgehead atoms. The van der Waals surface area contributed by atoms with Crippen LogP contribution in [0.1, 0.15) is 34.9 Å². The van der Waals surface area contributed by atoms with Gasteiger partial charge in [0.25, 0.3) is 5.91 Å². The van der Waals surface area contributed by atoms with Gasteiger partial charge < -0.3 is 10.4 Å². The molecule has 116 valence electrons. The monoisotopic (exact) mass is 318 g/mol. The summed E-state index contributed by atoms with van der Waals surface area (Å²) in [5, 5.41) is 14.2. The molecule has 2 aromatic rings. The number of carboxylic acids is 1. The highest BCUT2D eigenvalue weighted by molar-refractivity contribution is 7.09. The first-order chi connectivity index (χ1) is 10.4. The fourth-order valence-corrected chi connectivity index (χ4v) is 2.54. The molecule has 0 aliphatic rings. The fraction of sp³-hybridized carbons (Fsp3) is 0.312. The number of carbonyl (C=O) groups excluding carboxylic acids is 1. The van der Waals surface area contributed by atoms with Gasteiger partial charge in [-0.3, -0.25) is 9.59 Å². The van der Waals surface area contributed by atoms with Crippen LogP contribution >= 0.6 is 11.3 Å². The quantitative estimate of drug-likeness (QED) is 0.858. The highest BCUT2D eigenvalue weighted by Gasteiger charge is 2.28. The molecule has 0 unspecified atom stereocenters. The minimum atomic E-state index is -1.00. The molecule has 2 N–H and O–H groups in total. The van der Waals surface area contributed by atoms with Crippen molar-refractivity contribution in [1.29, 1.82) is 0 Å². The number of aromatic nitrogens is 1. The van der Waals surface area contributed by atoms with Gasteiger partial charge in [-0.2, -0.15) is 0 Å². The minimum Gasteiger partial charge on any atom is -0.481 e. The van der Waals surface area contributed by atoms with Crippen molar-refractivity contribution < 1.29 is 14.7 Å². The van der Waals surface area contributed by atoms with Gasteiger partial charge in [-0.15, -0.1) is 11.3 Å². The van der Waals surface area contributed by atoms with Crippen molar-refractivity contribution in [3.05, 3.63) is 52.0 Å². The predicted molar refractivity (Wildman–Crippen MR) is 85.1 cm³/mol. The Labute approximate surface area is 133 Å². The van der Waals surface area contributed by atoms with E-state index in [2.05, 4.69) is 10.3 Å². The molecule has 2 rings (SSSR count). The molecule has 0 atom stereocenters. The number of nitrogens with zero attached hydrogens (tertiary/aromatic N) is 1. The van der Waals surface area contributed by atoms with E-state index in [0.29, 0.717) is 12.1 Å². The van der Waals surface area contributed by atoms with E-state index in [1.807, 2.05) is 30.3 Å². The molecule has 0 aliphatic carbocycles. The van der Waals surface area contributed by atoms with Gasteiger partial charge in [0, 0.05) is 18.3 Å². The van der Waals surface area contributed by atoms with Crippen LogP contribution in [-0.2, 0) is 11.2 Å². The van der Waals surface area contributed by atoms with Gasteiger partial charge in [-0.05, 0) is 19.4 Å². The Morgan fingerprint density at radius 2 is 1.95 bits per heavy atom.